The summed E-state index contributed by atoms with van der Waals surface area (Å²) in [7, 11) is 2.04. The molecule has 18 heavy (non-hydrogen) atoms. The van der Waals surface area contributed by atoms with Crippen LogP contribution >= 0.6 is 0 Å². The molecular formula is C16H29NO. The van der Waals surface area contributed by atoms with Crippen molar-refractivity contribution in [2.75, 3.05) is 7.05 Å². The van der Waals surface area contributed by atoms with Crippen molar-refractivity contribution in [3.05, 3.63) is 0 Å². The van der Waals surface area contributed by atoms with Crippen LogP contribution in [0.1, 0.15) is 71.1 Å². The minimum Gasteiger partial charge on any atom is -0.314 e. The Morgan fingerprint density at radius 3 is 2.28 bits per heavy atom. The van der Waals surface area contributed by atoms with Crippen LogP contribution in [-0.4, -0.2) is 18.4 Å². The lowest BCUT2D eigenvalue weighted by molar-refractivity contribution is -0.125. The third kappa shape index (κ3) is 3.34. The Kier molecular flexibility index (Phi) is 4.83. The molecule has 2 aliphatic carbocycles. The summed E-state index contributed by atoms with van der Waals surface area (Å²) in [6.45, 7) is 2.32. The summed E-state index contributed by atoms with van der Waals surface area (Å²) >= 11 is 0. The zero-order valence-electron chi connectivity index (χ0n) is 12.1. The molecule has 0 saturated heterocycles. The molecule has 2 heteroatoms. The van der Waals surface area contributed by atoms with Crippen molar-refractivity contribution in [3.8, 4) is 0 Å². The average molecular weight is 251 g/mol. The Morgan fingerprint density at radius 1 is 1.11 bits per heavy atom. The van der Waals surface area contributed by atoms with Gasteiger partial charge < -0.3 is 5.32 Å². The highest BCUT2D eigenvalue weighted by molar-refractivity contribution is 5.82. The molecule has 0 heterocycles. The highest BCUT2D eigenvalue weighted by Gasteiger charge is 2.35. The van der Waals surface area contributed by atoms with Crippen LogP contribution in [0.25, 0.3) is 0 Å². The normalized spacial score (nSPS) is 32.1. The van der Waals surface area contributed by atoms with Crippen molar-refractivity contribution in [1.82, 2.24) is 5.32 Å². The van der Waals surface area contributed by atoms with Gasteiger partial charge in [-0.1, -0.05) is 39.0 Å². The lowest BCUT2D eigenvalue weighted by atomic mass is 9.73. The van der Waals surface area contributed by atoms with E-state index in [1.165, 1.54) is 44.9 Å². The molecule has 2 rings (SSSR count). The maximum Gasteiger partial charge on any atom is 0.137 e. The summed E-state index contributed by atoms with van der Waals surface area (Å²) in [5.41, 5.74) is 0.137. The van der Waals surface area contributed by atoms with Crippen LogP contribution in [0.5, 0.6) is 0 Å². The number of carbonyl (C=O) groups excluding carboxylic acids is 1. The maximum atomic E-state index is 12.5. The summed E-state index contributed by atoms with van der Waals surface area (Å²) in [6, 6.07) is 0. The molecule has 0 aromatic heterocycles. The summed E-state index contributed by atoms with van der Waals surface area (Å²) < 4.78 is 0. The minimum absolute atomic E-state index is 0.137. The largest absolute Gasteiger partial charge is 0.314 e. The third-order valence-corrected chi connectivity index (χ3v) is 5.32. The van der Waals surface area contributed by atoms with Gasteiger partial charge in [-0.3, -0.25) is 4.79 Å². The molecule has 0 aliphatic heterocycles. The first-order chi connectivity index (χ1) is 8.65. The smallest absolute Gasteiger partial charge is 0.137 e. The first-order valence-electron chi connectivity index (χ1n) is 7.87. The van der Waals surface area contributed by atoms with Gasteiger partial charge in [0.05, 0.1) is 0 Å². The molecule has 0 bridgehead atoms. The second-order valence-corrected chi connectivity index (χ2v) is 6.69. The predicted molar refractivity (Wildman–Crippen MR) is 75.6 cm³/mol. The van der Waals surface area contributed by atoms with Crippen molar-refractivity contribution in [1.29, 1.82) is 0 Å². The molecule has 0 aromatic carbocycles. The van der Waals surface area contributed by atoms with E-state index in [4.69, 9.17) is 0 Å². The van der Waals surface area contributed by atoms with Gasteiger partial charge in [0.25, 0.3) is 0 Å². The molecule has 0 amide bonds. The number of hydrogen-bond donors (Lipinski definition) is 1. The fourth-order valence-corrected chi connectivity index (χ4v) is 3.80. The minimum atomic E-state index is 0.137. The average Bonchev–Trinajstić information content (AvgIpc) is 2.40. The predicted octanol–water partition coefficient (Wildman–Crippen LogP) is 3.69. The number of Topliss-reactive ketones (excluding diaryl/α,β-unsaturated/α-hetero) is 1. The van der Waals surface area contributed by atoms with Crippen LogP contribution in [0.4, 0.5) is 0 Å². The SMILES string of the molecule is CNC1(CC(=O)C2CCC(C)CC2)CCCCC1. The quantitative estimate of drug-likeness (QED) is 0.825. The van der Waals surface area contributed by atoms with Gasteiger partial charge in [0.2, 0.25) is 0 Å². The Hall–Kier alpha value is -0.370. The van der Waals surface area contributed by atoms with E-state index in [1.807, 2.05) is 7.05 Å². The number of nitrogens with one attached hydrogen (secondary N) is 1. The molecule has 1 N–H and O–H groups in total. The van der Waals surface area contributed by atoms with Crippen LogP contribution < -0.4 is 5.32 Å². The van der Waals surface area contributed by atoms with Gasteiger partial charge in [-0.15, -0.1) is 0 Å². The molecule has 2 aliphatic rings. The second kappa shape index (κ2) is 6.18. The lowest BCUT2D eigenvalue weighted by Crippen LogP contribution is -2.47. The van der Waals surface area contributed by atoms with Gasteiger partial charge >= 0.3 is 0 Å². The van der Waals surface area contributed by atoms with Crippen LogP contribution in [-0.2, 0) is 4.79 Å². The fourth-order valence-electron chi connectivity index (χ4n) is 3.80. The van der Waals surface area contributed by atoms with E-state index in [2.05, 4.69) is 12.2 Å². The molecule has 0 unspecified atom stereocenters. The second-order valence-electron chi connectivity index (χ2n) is 6.69. The Balaban J connectivity index is 1.89. The van der Waals surface area contributed by atoms with E-state index in [9.17, 15) is 4.79 Å². The molecule has 0 radical (unpaired) electrons. The highest BCUT2D eigenvalue weighted by Crippen LogP contribution is 2.35. The number of ketones is 1. The van der Waals surface area contributed by atoms with Crippen molar-refractivity contribution in [3.63, 3.8) is 0 Å². The summed E-state index contributed by atoms with van der Waals surface area (Å²) in [5, 5.41) is 3.48. The molecular weight excluding hydrogens is 222 g/mol. The molecule has 0 aromatic rings. The molecule has 0 spiro atoms. The van der Waals surface area contributed by atoms with E-state index in [0.717, 1.165) is 25.2 Å². The maximum absolute atomic E-state index is 12.5. The molecule has 104 valence electrons. The van der Waals surface area contributed by atoms with Crippen LogP contribution in [0, 0.1) is 11.8 Å². The van der Waals surface area contributed by atoms with Gasteiger partial charge in [0.1, 0.15) is 5.78 Å². The Bertz CT molecular complexity index is 273. The fraction of sp³-hybridized carbons (Fsp3) is 0.938. The van der Waals surface area contributed by atoms with E-state index in [-0.39, 0.29) is 5.54 Å². The lowest BCUT2D eigenvalue weighted by Gasteiger charge is -2.38. The van der Waals surface area contributed by atoms with Gasteiger partial charge in [-0.05, 0) is 38.6 Å². The van der Waals surface area contributed by atoms with Crippen LogP contribution in [0.2, 0.25) is 0 Å². The zero-order chi connectivity index (χ0) is 13.0. The molecule has 2 fully saturated rings. The molecule has 2 nitrogen and oxygen atoms in total. The van der Waals surface area contributed by atoms with Crippen molar-refractivity contribution in [2.24, 2.45) is 11.8 Å². The van der Waals surface area contributed by atoms with E-state index in [0.29, 0.717) is 11.7 Å². The summed E-state index contributed by atoms with van der Waals surface area (Å²) in [5.74, 6) is 1.74. The standard InChI is InChI=1S/C16H29NO/c1-13-6-8-14(9-7-13)15(18)12-16(17-2)10-4-3-5-11-16/h13-14,17H,3-12H2,1-2H3. The van der Waals surface area contributed by atoms with E-state index in [1.54, 1.807) is 0 Å². The van der Waals surface area contributed by atoms with Crippen LogP contribution in [0.3, 0.4) is 0 Å². The molecule has 2 saturated carbocycles. The van der Waals surface area contributed by atoms with Crippen molar-refractivity contribution in [2.45, 2.75) is 76.7 Å². The zero-order valence-corrected chi connectivity index (χ0v) is 12.1. The third-order valence-electron chi connectivity index (χ3n) is 5.32. The summed E-state index contributed by atoms with van der Waals surface area (Å²) in [4.78, 5) is 12.5. The first kappa shape index (κ1) is 14.0. The first-order valence-corrected chi connectivity index (χ1v) is 7.87. The van der Waals surface area contributed by atoms with Gasteiger partial charge in [0, 0.05) is 17.9 Å². The monoisotopic (exact) mass is 251 g/mol. The van der Waals surface area contributed by atoms with Gasteiger partial charge in [0.15, 0.2) is 0 Å². The number of carbonyl (C=O) groups is 1. The van der Waals surface area contributed by atoms with E-state index >= 15 is 0 Å². The number of hydrogen-bond acceptors (Lipinski definition) is 2. The van der Waals surface area contributed by atoms with Gasteiger partial charge in [-0.2, -0.15) is 0 Å². The van der Waals surface area contributed by atoms with Gasteiger partial charge in [-0.25, -0.2) is 0 Å². The van der Waals surface area contributed by atoms with Crippen LogP contribution in [0.15, 0.2) is 0 Å². The van der Waals surface area contributed by atoms with Crippen molar-refractivity contribution >= 4 is 5.78 Å². The Labute approximate surface area is 112 Å². The highest BCUT2D eigenvalue weighted by atomic mass is 16.1. The summed E-state index contributed by atoms with van der Waals surface area (Å²) in [6.07, 6.45) is 11.9. The number of rotatable bonds is 4. The van der Waals surface area contributed by atoms with E-state index < -0.39 is 0 Å². The van der Waals surface area contributed by atoms with Crippen molar-refractivity contribution < 1.29 is 4.79 Å². The Morgan fingerprint density at radius 2 is 1.72 bits per heavy atom. The topological polar surface area (TPSA) is 29.1 Å². The molecule has 0 atom stereocenters.